The molecular formula is C24H31FN2O4. The van der Waals surface area contributed by atoms with Crippen LogP contribution in [-0.2, 0) is 19.1 Å². The first kappa shape index (κ1) is 21.8. The fourth-order valence-corrected chi connectivity index (χ4v) is 6.33. The lowest BCUT2D eigenvalue weighted by molar-refractivity contribution is -0.146. The Morgan fingerprint density at radius 3 is 2.19 bits per heavy atom. The first-order valence-corrected chi connectivity index (χ1v) is 11.3. The van der Waals surface area contributed by atoms with Gasteiger partial charge in [0, 0.05) is 18.4 Å². The van der Waals surface area contributed by atoms with Crippen molar-refractivity contribution >= 4 is 17.8 Å². The highest BCUT2D eigenvalue weighted by Crippen LogP contribution is 2.60. The third-order valence-corrected chi connectivity index (χ3v) is 7.36. The first-order chi connectivity index (χ1) is 14.9. The molecule has 6 nitrogen and oxygen atoms in total. The van der Waals surface area contributed by atoms with Gasteiger partial charge in [-0.25, -0.2) is 4.39 Å². The molecule has 4 bridgehead atoms. The topological polar surface area (TPSA) is 84.5 Å². The molecule has 2 amide bonds. The van der Waals surface area contributed by atoms with Crippen molar-refractivity contribution in [2.45, 2.75) is 57.4 Å². The molecule has 0 aliphatic heterocycles. The van der Waals surface area contributed by atoms with E-state index in [0.717, 1.165) is 19.3 Å². The zero-order valence-electron chi connectivity index (χ0n) is 18.0. The molecule has 0 saturated heterocycles. The SMILES string of the molecule is COC(=O)CC(NC(=O)CCNC(=O)C12CC3CC(CC(C3)C1)C2)c1ccc(F)cc1. The average molecular weight is 431 g/mol. The lowest BCUT2D eigenvalue weighted by atomic mass is 9.49. The van der Waals surface area contributed by atoms with Crippen LogP contribution in [0.15, 0.2) is 24.3 Å². The number of rotatable bonds is 8. The summed E-state index contributed by atoms with van der Waals surface area (Å²) >= 11 is 0. The lowest BCUT2D eigenvalue weighted by Gasteiger charge is -2.55. The molecule has 0 aromatic heterocycles. The number of benzene rings is 1. The summed E-state index contributed by atoms with van der Waals surface area (Å²) < 4.78 is 17.9. The van der Waals surface area contributed by atoms with E-state index in [-0.39, 0.29) is 42.4 Å². The minimum Gasteiger partial charge on any atom is -0.469 e. The van der Waals surface area contributed by atoms with Gasteiger partial charge in [0.2, 0.25) is 11.8 Å². The van der Waals surface area contributed by atoms with Gasteiger partial charge in [0.05, 0.1) is 19.6 Å². The van der Waals surface area contributed by atoms with Gasteiger partial charge in [-0.15, -0.1) is 0 Å². The largest absolute Gasteiger partial charge is 0.469 e. The highest BCUT2D eigenvalue weighted by atomic mass is 19.1. The van der Waals surface area contributed by atoms with Gasteiger partial charge in [-0.3, -0.25) is 14.4 Å². The molecule has 4 fully saturated rings. The molecule has 5 rings (SSSR count). The number of hydrogen-bond acceptors (Lipinski definition) is 4. The summed E-state index contributed by atoms with van der Waals surface area (Å²) in [5.74, 6) is 1.04. The molecule has 4 saturated carbocycles. The van der Waals surface area contributed by atoms with Crippen molar-refractivity contribution in [1.29, 1.82) is 0 Å². The van der Waals surface area contributed by atoms with E-state index in [4.69, 9.17) is 4.74 Å². The first-order valence-electron chi connectivity index (χ1n) is 11.3. The molecule has 7 heteroatoms. The van der Waals surface area contributed by atoms with Crippen LogP contribution in [-0.4, -0.2) is 31.4 Å². The second kappa shape index (κ2) is 8.97. The van der Waals surface area contributed by atoms with Crippen molar-refractivity contribution in [2.75, 3.05) is 13.7 Å². The van der Waals surface area contributed by atoms with Gasteiger partial charge in [0.1, 0.15) is 5.82 Å². The molecule has 1 atom stereocenters. The normalized spacial score (nSPS) is 29.3. The fourth-order valence-electron chi connectivity index (χ4n) is 6.33. The number of ether oxygens (including phenoxy) is 1. The van der Waals surface area contributed by atoms with E-state index in [1.54, 1.807) is 0 Å². The molecule has 1 unspecified atom stereocenters. The molecule has 0 spiro atoms. The quantitative estimate of drug-likeness (QED) is 0.620. The Morgan fingerprint density at radius 1 is 1.06 bits per heavy atom. The number of amides is 2. The maximum Gasteiger partial charge on any atom is 0.307 e. The van der Waals surface area contributed by atoms with Crippen LogP contribution in [0.1, 0.15) is 63.0 Å². The van der Waals surface area contributed by atoms with E-state index in [9.17, 15) is 18.8 Å². The van der Waals surface area contributed by atoms with Gasteiger partial charge in [-0.1, -0.05) is 12.1 Å². The van der Waals surface area contributed by atoms with Crippen molar-refractivity contribution in [3.05, 3.63) is 35.6 Å². The molecule has 2 N–H and O–H groups in total. The smallest absolute Gasteiger partial charge is 0.307 e. The van der Waals surface area contributed by atoms with Crippen molar-refractivity contribution in [2.24, 2.45) is 23.2 Å². The third-order valence-electron chi connectivity index (χ3n) is 7.36. The summed E-state index contributed by atoms with van der Waals surface area (Å²) in [5, 5.41) is 5.82. The van der Waals surface area contributed by atoms with Crippen LogP contribution in [0.5, 0.6) is 0 Å². The predicted molar refractivity (Wildman–Crippen MR) is 112 cm³/mol. The summed E-state index contributed by atoms with van der Waals surface area (Å²) in [5.41, 5.74) is 0.394. The summed E-state index contributed by atoms with van der Waals surface area (Å²) in [6.07, 6.45) is 6.87. The van der Waals surface area contributed by atoms with Crippen LogP contribution in [0, 0.1) is 29.0 Å². The van der Waals surface area contributed by atoms with Crippen LogP contribution in [0.4, 0.5) is 4.39 Å². The maximum absolute atomic E-state index is 13.2. The number of carbonyl (C=O) groups is 3. The maximum atomic E-state index is 13.2. The van der Waals surface area contributed by atoms with Crippen molar-refractivity contribution in [1.82, 2.24) is 10.6 Å². The minimum atomic E-state index is -0.612. The van der Waals surface area contributed by atoms with Crippen LogP contribution >= 0.6 is 0 Å². The number of methoxy groups -OCH3 is 1. The Kier molecular flexibility index (Phi) is 6.30. The number of halogens is 1. The fraction of sp³-hybridized carbons (Fsp3) is 0.625. The van der Waals surface area contributed by atoms with Crippen molar-refractivity contribution in [3.8, 4) is 0 Å². The van der Waals surface area contributed by atoms with E-state index in [1.165, 1.54) is 50.6 Å². The summed E-state index contributed by atoms with van der Waals surface area (Å²) in [4.78, 5) is 37.3. The van der Waals surface area contributed by atoms with Crippen LogP contribution in [0.2, 0.25) is 0 Å². The molecular weight excluding hydrogens is 399 g/mol. The van der Waals surface area contributed by atoms with Crippen molar-refractivity contribution < 1.29 is 23.5 Å². The second-order valence-corrected chi connectivity index (χ2v) is 9.66. The Bertz CT molecular complexity index is 803. The Balaban J connectivity index is 1.29. The van der Waals surface area contributed by atoms with E-state index in [1.807, 2.05) is 0 Å². The minimum absolute atomic E-state index is 0.0481. The molecule has 168 valence electrons. The molecule has 1 aromatic carbocycles. The Morgan fingerprint density at radius 2 is 1.65 bits per heavy atom. The van der Waals surface area contributed by atoms with Crippen LogP contribution in [0.3, 0.4) is 0 Å². The molecule has 0 heterocycles. The van der Waals surface area contributed by atoms with E-state index >= 15 is 0 Å². The molecule has 31 heavy (non-hydrogen) atoms. The van der Waals surface area contributed by atoms with E-state index in [0.29, 0.717) is 23.3 Å². The third kappa shape index (κ3) is 4.91. The van der Waals surface area contributed by atoms with Gasteiger partial charge in [-0.2, -0.15) is 0 Å². The van der Waals surface area contributed by atoms with Gasteiger partial charge in [0.15, 0.2) is 0 Å². The number of nitrogens with one attached hydrogen (secondary N) is 2. The summed E-state index contributed by atoms with van der Waals surface area (Å²) in [7, 11) is 1.28. The highest BCUT2D eigenvalue weighted by Gasteiger charge is 2.54. The standard InChI is InChI=1S/C24H31FN2O4/c1-31-22(29)11-20(18-2-4-19(25)5-3-18)27-21(28)6-7-26-23(30)24-12-15-8-16(13-24)10-17(9-15)14-24/h2-5,15-17,20H,6-14H2,1H3,(H,26,30)(H,27,28). The van der Waals surface area contributed by atoms with Gasteiger partial charge in [0.25, 0.3) is 0 Å². The lowest BCUT2D eigenvalue weighted by Crippen LogP contribution is -2.53. The number of hydrogen-bond donors (Lipinski definition) is 2. The number of esters is 1. The second-order valence-electron chi connectivity index (χ2n) is 9.66. The monoisotopic (exact) mass is 430 g/mol. The van der Waals surface area contributed by atoms with Gasteiger partial charge >= 0.3 is 5.97 Å². The molecule has 4 aliphatic carbocycles. The summed E-state index contributed by atoms with van der Waals surface area (Å²) in [6.45, 7) is 0.265. The highest BCUT2D eigenvalue weighted by molar-refractivity contribution is 5.84. The van der Waals surface area contributed by atoms with Gasteiger partial charge < -0.3 is 15.4 Å². The molecule has 1 aromatic rings. The summed E-state index contributed by atoms with van der Waals surface area (Å²) in [6, 6.07) is 5.05. The van der Waals surface area contributed by atoms with E-state index < -0.39 is 12.0 Å². The average Bonchev–Trinajstić information content (AvgIpc) is 2.72. The van der Waals surface area contributed by atoms with E-state index in [2.05, 4.69) is 10.6 Å². The Labute approximate surface area is 182 Å². The van der Waals surface area contributed by atoms with Crippen molar-refractivity contribution in [3.63, 3.8) is 0 Å². The number of carbonyl (C=O) groups excluding carboxylic acids is 3. The molecule has 0 radical (unpaired) electrons. The van der Waals surface area contributed by atoms with Gasteiger partial charge in [-0.05, 0) is 74.0 Å². The zero-order chi connectivity index (χ0) is 22.0. The van der Waals surface area contributed by atoms with Crippen LogP contribution < -0.4 is 10.6 Å². The zero-order valence-corrected chi connectivity index (χ0v) is 18.0. The Hall–Kier alpha value is -2.44. The predicted octanol–water partition coefficient (Wildman–Crippen LogP) is 3.27. The molecule has 4 aliphatic rings. The van der Waals surface area contributed by atoms with Crippen LogP contribution in [0.25, 0.3) is 0 Å².